The Hall–Kier alpha value is -2.70. The summed E-state index contributed by atoms with van der Waals surface area (Å²) in [5.41, 5.74) is 1.14. The number of halogens is 2. The predicted molar refractivity (Wildman–Crippen MR) is 99.1 cm³/mol. The number of carbonyl (C=O) groups excluding carboxylic acids is 1. The van der Waals surface area contributed by atoms with Gasteiger partial charge in [-0.1, -0.05) is 19.1 Å². The monoisotopic (exact) mass is 375 g/mol. The van der Waals surface area contributed by atoms with Crippen LogP contribution in [-0.4, -0.2) is 30.6 Å². The minimum Gasteiger partial charge on any atom is -0.435 e. The van der Waals surface area contributed by atoms with Crippen LogP contribution in [-0.2, 0) is 6.54 Å². The van der Waals surface area contributed by atoms with Gasteiger partial charge in [-0.2, -0.15) is 8.78 Å². The zero-order valence-corrected chi connectivity index (χ0v) is 15.2. The highest BCUT2D eigenvalue weighted by atomic mass is 19.3. The van der Waals surface area contributed by atoms with Crippen molar-refractivity contribution < 1.29 is 18.3 Å². The van der Waals surface area contributed by atoms with E-state index >= 15 is 0 Å². The van der Waals surface area contributed by atoms with E-state index in [1.54, 1.807) is 12.3 Å². The lowest BCUT2D eigenvalue weighted by atomic mass is 9.99. The highest BCUT2D eigenvalue weighted by Gasteiger charge is 2.16. The van der Waals surface area contributed by atoms with Crippen molar-refractivity contribution in [3.8, 4) is 5.75 Å². The minimum atomic E-state index is -2.92. The molecule has 1 aromatic carbocycles. The average molecular weight is 375 g/mol. The van der Waals surface area contributed by atoms with Crippen molar-refractivity contribution in [3.63, 3.8) is 0 Å². The van der Waals surface area contributed by atoms with Gasteiger partial charge in [0, 0.05) is 31.4 Å². The van der Waals surface area contributed by atoms with Gasteiger partial charge in [-0.25, -0.2) is 4.98 Å². The number of piperidine rings is 1. The molecule has 0 spiro atoms. The van der Waals surface area contributed by atoms with E-state index in [0.717, 1.165) is 30.4 Å². The van der Waals surface area contributed by atoms with Gasteiger partial charge >= 0.3 is 6.61 Å². The molecule has 5 nitrogen and oxygen atoms in total. The molecule has 1 N–H and O–H groups in total. The molecule has 1 amide bonds. The summed E-state index contributed by atoms with van der Waals surface area (Å²) >= 11 is 0. The van der Waals surface area contributed by atoms with Crippen molar-refractivity contribution in [2.75, 3.05) is 18.0 Å². The maximum Gasteiger partial charge on any atom is 0.387 e. The van der Waals surface area contributed by atoms with E-state index in [2.05, 4.69) is 26.9 Å². The summed E-state index contributed by atoms with van der Waals surface area (Å²) in [6, 6.07) is 9.63. The molecule has 1 fully saturated rings. The summed E-state index contributed by atoms with van der Waals surface area (Å²) in [5.74, 6) is 1.32. The molecule has 2 heterocycles. The molecule has 144 valence electrons. The first kappa shape index (κ1) is 19.1. The van der Waals surface area contributed by atoms with E-state index in [9.17, 15) is 13.6 Å². The second kappa shape index (κ2) is 8.79. The third-order valence-electron chi connectivity index (χ3n) is 4.69. The highest BCUT2D eigenvalue weighted by molar-refractivity contribution is 5.94. The molecule has 0 unspecified atom stereocenters. The molecule has 0 bridgehead atoms. The molecule has 1 aliphatic rings. The predicted octanol–water partition coefficient (Wildman–Crippen LogP) is 3.85. The molecule has 1 aromatic heterocycles. The van der Waals surface area contributed by atoms with Crippen LogP contribution in [0.1, 0.15) is 35.7 Å². The summed E-state index contributed by atoms with van der Waals surface area (Å²) < 4.78 is 28.9. The first-order valence-corrected chi connectivity index (χ1v) is 9.04. The van der Waals surface area contributed by atoms with Crippen LogP contribution in [0.3, 0.4) is 0 Å². The normalized spacial score (nSPS) is 15.0. The first-order valence-electron chi connectivity index (χ1n) is 9.04. The lowest BCUT2D eigenvalue weighted by Gasteiger charge is -2.31. The van der Waals surface area contributed by atoms with E-state index in [1.807, 2.05) is 12.1 Å². The smallest absolute Gasteiger partial charge is 0.387 e. The molecule has 2 aromatic rings. The van der Waals surface area contributed by atoms with Crippen LogP contribution in [0.2, 0.25) is 0 Å². The number of carbonyl (C=O) groups is 1. The van der Waals surface area contributed by atoms with Crippen LogP contribution in [0.5, 0.6) is 5.75 Å². The van der Waals surface area contributed by atoms with E-state index in [-0.39, 0.29) is 17.2 Å². The molecule has 1 saturated heterocycles. The third-order valence-corrected chi connectivity index (χ3v) is 4.69. The number of ether oxygens (including phenoxy) is 1. The topological polar surface area (TPSA) is 54.5 Å². The molecule has 7 heteroatoms. The molecule has 0 atom stereocenters. The number of aromatic nitrogens is 1. The van der Waals surface area contributed by atoms with Crippen LogP contribution in [0.15, 0.2) is 42.6 Å². The second-order valence-corrected chi connectivity index (χ2v) is 6.78. The molecular weight excluding hydrogens is 352 g/mol. The lowest BCUT2D eigenvalue weighted by Crippen LogP contribution is -2.33. The standard InChI is InChI=1S/C20H23F2N3O2/c1-14-7-9-25(10-8-14)18-6-5-15(12-23-18)13-24-19(26)16-3-2-4-17(11-16)27-20(21)22/h2-6,11-12,14,20H,7-10,13H2,1H3,(H,24,26). The summed E-state index contributed by atoms with van der Waals surface area (Å²) in [6.07, 6.45) is 4.10. The maximum atomic E-state index is 12.3. The maximum absolute atomic E-state index is 12.3. The molecule has 0 saturated carbocycles. The number of nitrogens with zero attached hydrogens (tertiary/aromatic N) is 2. The van der Waals surface area contributed by atoms with Gasteiger partial charge in [0.2, 0.25) is 0 Å². The summed E-state index contributed by atoms with van der Waals surface area (Å²) in [7, 11) is 0. The zero-order valence-electron chi connectivity index (χ0n) is 15.2. The van der Waals surface area contributed by atoms with E-state index < -0.39 is 6.61 Å². The van der Waals surface area contributed by atoms with Crippen molar-refractivity contribution in [1.29, 1.82) is 0 Å². The van der Waals surface area contributed by atoms with Gasteiger partial charge in [-0.05, 0) is 48.6 Å². The van der Waals surface area contributed by atoms with Gasteiger partial charge in [-0.15, -0.1) is 0 Å². The van der Waals surface area contributed by atoms with Crippen molar-refractivity contribution in [3.05, 3.63) is 53.7 Å². The number of rotatable bonds is 6. The van der Waals surface area contributed by atoms with Crippen LogP contribution >= 0.6 is 0 Å². The fourth-order valence-electron chi connectivity index (χ4n) is 3.04. The second-order valence-electron chi connectivity index (χ2n) is 6.78. The Kier molecular flexibility index (Phi) is 6.21. The summed E-state index contributed by atoms with van der Waals surface area (Å²) in [4.78, 5) is 19.0. The zero-order chi connectivity index (χ0) is 19.2. The number of hydrogen-bond donors (Lipinski definition) is 1. The van der Waals surface area contributed by atoms with Gasteiger partial charge in [0.05, 0.1) is 0 Å². The number of nitrogens with one attached hydrogen (secondary N) is 1. The van der Waals surface area contributed by atoms with Gasteiger partial charge in [0.1, 0.15) is 11.6 Å². The summed E-state index contributed by atoms with van der Waals surface area (Å²) in [5, 5.41) is 2.76. The minimum absolute atomic E-state index is 0.0421. The van der Waals surface area contributed by atoms with E-state index in [4.69, 9.17) is 0 Å². The van der Waals surface area contributed by atoms with Crippen LogP contribution in [0.4, 0.5) is 14.6 Å². The molecular formula is C20H23F2N3O2. The summed E-state index contributed by atoms with van der Waals surface area (Å²) in [6.45, 7) is 1.69. The quantitative estimate of drug-likeness (QED) is 0.833. The molecule has 1 aliphatic heterocycles. The Balaban J connectivity index is 1.54. The molecule has 0 aliphatic carbocycles. The largest absolute Gasteiger partial charge is 0.435 e. The Morgan fingerprint density at radius 1 is 1.30 bits per heavy atom. The van der Waals surface area contributed by atoms with Gasteiger partial charge in [-0.3, -0.25) is 4.79 Å². The Morgan fingerprint density at radius 2 is 2.07 bits per heavy atom. The fraction of sp³-hybridized carbons (Fsp3) is 0.400. The number of benzene rings is 1. The number of anilines is 1. The number of hydrogen-bond acceptors (Lipinski definition) is 4. The SMILES string of the molecule is CC1CCN(c2ccc(CNC(=O)c3cccc(OC(F)F)c3)cn2)CC1. The number of alkyl halides is 2. The van der Waals surface area contributed by atoms with Crippen molar-refractivity contribution >= 4 is 11.7 Å². The number of amides is 1. The van der Waals surface area contributed by atoms with Crippen molar-refractivity contribution in [2.45, 2.75) is 32.9 Å². The molecule has 27 heavy (non-hydrogen) atoms. The first-order chi connectivity index (χ1) is 13.0. The highest BCUT2D eigenvalue weighted by Crippen LogP contribution is 2.21. The Morgan fingerprint density at radius 3 is 2.74 bits per heavy atom. The van der Waals surface area contributed by atoms with Gasteiger partial charge in [0.25, 0.3) is 5.91 Å². The Bertz CT molecular complexity index is 760. The molecule has 0 radical (unpaired) electrons. The van der Waals surface area contributed by atoms with E-state index in [0.29, 0.717) is 6.54 Å². The fourth-order valence-corrected chi connectivity index (χ4v) is 3.04. The van der Waals surface area contributed by atoms with Crippen LogP contribution < -0.4 is 15.0 Å². The van der Waals surface area contributed by atoms with Crippen molar-refractivity contribution in [1.82, 2.24) is 10.3 Å². The van der Waals surface area contributed by atoms with Crippen LogP contribution in [0.25, 0.3) is 0 Å². The van der Waals surface area contributed by atoms with E-state index in [1.165, 1.54) is 31.0 Å². The van der Waals surface area contributed by atoms with Crippen molar-refractivity contribution in [2.24, 2.45) is 5.92 Å². The molecule has 3 rings (SSSR count). The van der Waals surface area contributed by atoms with Crippen LogP contribution in [0, 0.1) is 5.92 Å². The van der Waals surface area contributed by atoms with Gasteiger partial charge < -0.3 is 15.0 Å². The third kappa shape index (κ3) is 5.39. The lowest BCUT2D eigenvalue weighted by molar-refractivity contribution is -0.0498. The number of pyridine rings is 1. The Labute approximate surface area is 157 Å². The average Bonchev–Trinajstić information content (AvgIpc) is 2.67. The van der Waals surface area contributed by atoms with Gasteiger partial charge in [0.15, 0.2) is 0 Å².